The van der Waals surface area contributed by atoms with Gasteiger partial charge in [0.05, 0.1) is 24.1 Å². The normalized spacial score (nSPS) is 9.64. The van der Waals surface area contributed by atoms with E-state index < -0.39 is 0 Å². The summed E-state index contributed by atoms with van der Waals surface area (Å²) < 4.78 is 0. The summed E-state index contributed by atoms with van der Waals surface area (Å²) in [5.74, 6) is 0. The average Bonchev–Trinajstić information content (AvgIpc) is 2.20. The molecule has 0 aliphatic heterocycles. The van der Waals surface area contributed by atoms with Crippen molar-refractivity contribution >= 4 is 6.08 Å². The van der Waals surface area contributed by atoms with Gasteiger partial charge in [0.15, 0.2) is 0 Å². The van der Waals surface area contributed by atoms with Crippen LogP contribution >= 0.6 is 0 Å². The lowest BCUT2D eigenvalue weighted by Crippen LogP contribution is -1.85. The smallest absolute Gasteiger partial charge is 0.0998 e. The van der Waals surface area contributed by atoms with Crippen LogP contribution in [0.25, 0.3) is 6.08 Å². The predicted octanol–water partition coefficient (Wildman–Crippen LogP) is 2.79. The third kappa shape index (κ3) is 2.21. The Balaban J connectivity index is 3.08. The zero-order chi connectivity index (χ0) is 10.4. The maximum Gasteiger partial charge on any atom is 0.0998 e. The monoisotopic (exact) mass is 182 g/mol. The molecule has 0 aromatic heterocycles. The van der Waals surface area contributed by atoms with Gasteiger partial charge in [-0.3, -0.25) is 0 Å². The molecule has 14 heavy (non-hydrogen) atoms. The highest BCUT2D eigenvalue weighted by molar-refractivity contribution is 5.61. The number of rotatable bonds is 2. The van der Waals surface area contributed by atoms with Crippen molar-refractivity contribution in [2.75, 3.05) is 0 Å². The lowest BCUT2D eigenvalue weighted by atomic mass is 10.0. The molecular formula is C12H10N2. The van der Waals surface area contributed by atoms with Gasteiger partial charge in [0.1, 0.15) is 0 Å². The van der Waals surface area contributed by atoms with E-state index in [1.165, 1.54) is 0 Å². The van der Waals surface area contributed by atoms with Crippen LogP contribution in [0.5, 0.6) is 0 Å². The maximum atomic E-state index is 8.85. The van der Waals surface area contributed by atoms with E-state index in [9.17, 15) is 0 Å². The molecule has 0 spiro atoms. The van der Waals surface area contributed by atoms with Gasteiger partial charge in [-0.2, -0.15) is 10.5 Å². The van der Waals surface area contributed by atoms with Crippen molar-refractivity contribution < 1.29 is 0 Å². The van der Waals surface area contributed by atoms with E-state index in [4.69, 9.17) is 10.5 Å². The Morgan fingerprint density at radius 2 is 2.14 bits per heavy atom. The summed E-state index contributed by atoms with van der Waals surface area (Å²) in [6.07, 6.45) is 3.97. The van der Waals surface area contributed by atoms with Crippen molar-refractivity contribution in [3.8, 4) is 12.1 Å². The topological polar surface area (TPSA) is 47.6 Å². The molecule has 1 aromatic carbocycles. The van der Waals surface area contributed by atoms with Crippen LogP contribution in [-0.2, 0) is 0 Å². The highest BCUT2D eigenvalue weighted by Gasteiger charge is 2.00. The van der Waals surface area contributed by atoms with Crippen molar-refractivity contribution in [2.45, 2.75) is 13.3 Å². The molecule has 0 aliphatic carbocycles. The molecule has 0 unspecified atom stereocenters. The standard InChI is InChI=1S/C12H10N2/c1-10-5-4-6-11(9-14)12(10)7-2-3-8-13/h2,4-7H,3H2,1H3. The number of nitrogens with zero attached hydrogens (tertiary/aromatic N) is 2. The minimum Gasteiger partial charge on any atom is -0.198 e. The van der Waals surface area contributed by atoms with E-state index in [-0.39, 0.29) is 0 Å². The average molecular weight is 182 g/mol. The quantitative estimate of drug-likeness (QED) is 0.706. The van der Waals surface area contributed by atoms with Crippen molar-refractivity contribution in [1.82, 2.24) is 0 Å². The van der Waals surface area contributed by atoms with Crippen LogP contribution in [0.2, 0.25) is 0 Å². The van der Waals surface area contributed by atoms with Crippen LogP contribution in [-0.4, -0.2) is 0 Å². The van der Waals surface area contributed by atoms with Gasteiger partial charge >= 0.3 is 0 Å². The molecule has 1 aromatic rings. The van der Waals surface area contributed by atoms with Crippen LogP contribution in [0.4, 0.5) is 0 Å². The largest absolute Gasteiger partial charge is 0.198 e. The van der Waals surface area contributed by atoms with E-state index in [1.807, 2.05) is 31.2 Å². The van der Waals surface area contributed by atoms with Gasteiger partial charge in [-0.1, -0.05) is 24.3 Å². The van der Waals surface area contributed by atoms with Crippen molar-refractivity contribution in [3.05, 3.63) is 41.0 Å². The van der Waals surface area contributed by atoms with Crippen LogP contribution in [0.3, 0.4) is 0 Å². The number of allylic oxidation sites excluding steroid dienone is 1. The lowest BCUT2D eigenvalue weighted by Gasteiger charge is -2.01. The summed E-state index contributed by atoms with van der Waals surface area (Å²) in [4.78, 5) is 0. The van der Waals surface area contributed by atoms with Gasteiger partial charge in [0, 0.05) is 0 Å². The van der Waals surface area contributed by atoms with Gasteiger partial charge in [0.25, 0.3) is 0 Å². The Morgan fingerprint density at radius 1 is 1.36 bits per heavy atom. The second kappa shape index (κ2) is 4.84. The minimum absolute atomic E-state index is 0.374. The van der Waals surface area contributed by atoms with Crippen molar-refractivity contribution in [1.29, 1.82) is 10.5 Å². The molecule has 0 atom stereocenters. The van der Waals surface area contributed by atoms with Crippen molar-refractivity contribution in [2.24, 2.45) is 0 Å². The Labute approximate surface area is 83.7 Å². The number of aryl methyl sites for hydroxylation is 1. The lowest BCUT2D eigenvalue weighted by molar-refractivity contribution is 1.35. The molecule has 0 aliphatic rings. The SMILES string of the molecule is Cc1cccc(C#N)c1C=CCC#N. The number of hydrogen-bond donors (Lipinski definition) is 0. The van der Waals surface area contributed by atoms with E-state index in [1.54, 1.807) is 12.1 Å². The highest BCUT2D eigenvalue weighted by Crippen LogP contribution is 2.15. The predicted molar refractivity (Wildman–Crippen MR) is 55.2 cm³/mol. The minimum atomic E-state index is 0.374. The third-order valence-electron chi connectivity index (χ3n) is 1.94. The fraction of sp³-hybridized carbons (Fsp3) is 0.167. The van der Waals surface area contributed by atoms with Gasteiger partial charge in [-0.25, -0.2) is 0 Å². The van der Waals surface area contributed by atoms with Crippen LogP contribution in [0.15, 0.2) is 24.3 Å². The molecule has 2 heteroatoms. The summed E-state index contributed by atoms with van der Waals surface area (Å²) in [6.45, 7) is 1.95. The number of hydrogen-bond acceptors (Lipinski definition) is 2. The summed E-state index contributed by atoms with van der Waals surface area (Å²) in [5.41, 5.74) is 2.61. The van der Waals surface area contributed by atoms with Gasteiger partial charge in [-0.15, -0.1) is 0 Å². The molecule has 0 radical (unpaired) electrons. The maximum absolute atomic E-state index is 8.85. The summed E-state index contributed by atoms with van der Waals surface area (Å²) in [5, 5.41) is 17.2. The Bertz CT molecular complexity index is 431. The molecule has 68 valence electrons. The first-order chi connectivity index (χ1) is 6.79. The highest BCUT2D eigenvalue weighted by atomic mass is 14.2. The second-order valence-electron chi connectivity index (χ2n) is 2.91. The zero-order valence-corrected chi connectivity index (χ0v) is 7.99. The van der Waals surface area contributed by atoms with Crippen LogP contribution < -0.4 is 0 Å². The van der Waals surface area contributed by atoms with E-state index >= 15 is 0 Å². The molecule has 0 amide bonds. The molecule has 2 nitrogen and oxygen atoms in total. The van der Waals surface area contributed by atoms with Gasteiger partial charge < -0.3 is 0 Å². The van der Waals surface area contributed by atoms with Crippen molar-refractivity contribution in [3.63, 3.8) is 0 Å². The molecule has 0 fully saturated rings. The molecule has 0 saturated carbocycles. The zero-order valence-electron chi connectivity index (χ0n) is 7.99. The summed E-state index contributed by atoms with van der Waals surface area (Å²) in [7, 11) is 0. The van der Waals surface area contributed by atoms with E-state index in [0.717, 1.165) is 11.1 Å². The molecule has 0 N–H and O–H groups in total. The Morgan fingerprint density at radius 3 is 2.79 bits per heavy atom. The fourth-order valence-corrected chi connectivity index (χ4v) is 1.23. The van der Waals surface area contributed by atoms with Gasteiger partial charge in [0.2, 0.25) is 0 Å². The third-order valence-corrected chi connectivity index (χ3v) is 1.94. The van der Waals surface area contributed by atoms with Crippen LogP contribution in [0.1, 0.15) is 23.1 Å². The fourth-order valence-electron chi connectivity index (χ4n) is 1.23. The molecule has 0 saturated heterocycles. The first-order valence-electron chi connectivity index (χ1n) is 4.33. The molecular weight excluding hydrogens is 172 g/mol. The van der Waals surface area contributed by atoms with Gasteiger partial charge in [-0.05, 0) is 24.1 Å². The Kier molecular flexibility index (Phi) is 3.47. The van der Waals surface area contributed by atoms with E-state index in [2.05, 4.69) is 6.07 Å². The van der Waals surface area contributed by atoms with Crippen LogP contribution in [0, 0.1) is 29.6 Å². The summed E-state index contributed by atoms with van der Waals surface area (Å²) >= 11 is 0. The van der Waals surface area contributed by atoms with E-state index in [0.29, 0.717) is 12.0 Å². The first kappa shape index (κ1) is 10.0. The molecule has 0 bridgehead atoms. The Hall–Kier alpha value is -2.06. The summed E-state index contributed by atoms with van der Waals surface area (Å²) in [6, 6.07) is 9.74. The second-order valence-corrected chi connectivity index (χ2v) is 2.91. The molecule has 0 heterocycles. The number of nitriles is 2. The number of benzene rings is 1. The molecule has 1 rings (SSSR count). The first-order valence-corrected chi connectivity index (χ1v) is 4.33.